The van der Waals surface area contributed by atoms with Crippen LogP contribution in [-0.4, -0.2) is 19.6 Å². The standard InChI is InChI=1S/C13H22N2O/c1-2-5-13(6-7-14-10-13)11-15-9-12-4-3-8-16-12/h3-4,8,14-15H,2,5-7,9-11H2,1H3. The first-order valence-electron chi connectivity index (χ1n) is 6.28. The maximum atomic E-state index is 5.31. The third kappa shape index (κ3) is 2.86. The highest BCUT2D eigenvalue weighted by Crippen LogP contribution is 2.30. The first kappa shape index (κ1) is 11.7. The average Bonchev–Trinajstić information content (AvgIpc) is 2.90. The van der Waals surface area contributed by atoms with Gasteiger partial charge in [0.05, 0.1) is 12.8 Å². The lowest BCUT2D eigenvalue weighted by Crippen LogP contribution is -2.35. The minimum absolute atomic E-state index is 0.474. The van der Waals surface area contributed by atoms with Gasteiger partial charge >= 0.3 is 0 Å². The van der Waals surface area contributed by atoms with Crippen molar-refractivity contribution in [1.29, 1.82) is 0 Å². The van der Waals surface area contributed by atoms with Crippen LogP contribution >= 0.6 is 0 Å². The van der Waals surface area contributed by atoms with Crippen molar-refractivity contribution in [3.05, 3.63) is 24.2 Å². The highest BCUT2D eigenvalue weighted by molar-refractivity contribution is 4.98. The van der Waals surface area contributed by atoms with Crippen molar-refractivity contribution in [2.45, 2.75) is 32.7 Å². The summed E-state index contributed by atoms with van der Waals surface area (Å²) in [6.07, 6.45) is 5.61. The van der Waals surface area contributed by atoms with Gasteiger partial charge in [-0.05, 0) is 36.9 Å². The lowest BCUT2D eigenvalue weighted by molar-refractivity contribution is 0.272. The summed E-state index contributed by atoms with van der Waals surface area (Å²) in [5.74, 6) is 1.03. The van der Waals surface area contributed by atoms with Gasteiger partial charge in [-0.2, -0.15) is 0 Å². The fraction of sp³-hybridized carbons (Fsp3) is 0.692. The molecule has 3 nitrogen and oxygen atoms in total. The quantitative estimate of drug-likeness (QED) is 0.774. The van der Waals surface area contributed by atoms with E-state index >= 15 is 0 Å². The third-order valence-corrected chi connectivity index (χ3v) is 3.49. The van der Waals surface area contributed by atoms with Gasteiger partial charge in [0.1, 0.15) is 5.76 Å². The second-order valence-electron chi connectivity index (χ2n) is 4.86. The molecule has 0 aromatic carbocycles. The van der Waals surface area contributed by atoms with Gasteiger partial charge in [0.2, 0.25) is 0 Å². The highest BCUT2D eigenvalue weighted by Gasteiger charge is 2.32. The van der Waals surface area contributed by atoms with Crippen molar-refractivity contribution in [1.82, 2.24) is 10.6 Å². The van der Waals surface area contributed by atoms with E-state index in [0.29, 0.717) is 5.41 Å². The van der Waals surface area contributed by atoms with E-state index in [-0.39, 0.29) is 0 Å². The van der Waals surface area contributed by atoms with Crippen LogP contribution in [0.4, 0.5) is 0 Å². The monoisotopic (exact) mass is 222 g/mol. The molecule has 2 heterocycles. The van der Waals surface area contributed by atoms with Crippen molar-refractivity contribution >= 4 is 0 Å². The summed E-state index contributed by atoms with van der Waals surface area (Å²) in [5.41, 5.74) is 0.474. The van der Waals surface area contributed by atoms with E-state index in [1.807, 2.05) is 12.1 Å². The molecule has 1 aromatic heterocycles. The van der Waals surface area contributed by atoms with Crippen LogP contribution in [0.2, 0.25) is 0 Å². The molecule has 0 amide bonds. The minimum Gasteiger partial charge on any atom is -0.468 e. The number of furan rings is 1. The topological polar surface area (TPSA) is 37.2 Å². The summed E-state index contributed by atoms with van der Waals surface area (Å²) < 4.78 is 5.31. The largest absolute Gasteiger partial charge is 0.468 e. The van der Waals surface area contributed by atoms with Gasteiger partial charge in [0, 0.05) is 13.1 Å². The van der Waals surface area contributed by atoms with E-state index in [1.54, 1.807) is 6.26 Å². The Morgan fingerprint density at radius 2 is 2.50 bits per heavy atom. The molecule has 0 saturated carbocycles. The van der Waals surface area contributed by atoms with Crippen LogP contribution in [0, 0.1) is 5.41 Å². The van der Waals surface area contributed by atoms with Gasteiger partial charge in [-0.1, -0.05) is 13.3 Å². The first-order valence-corrected chi connectivity index (χ1v) is 6.28. The molecule has 90 valence electrons. The molecule has 1 unspecified atom stereocenters. The fourth-order valence-corrected chi connectivity index (χ4v) is 2.64. The molecule has 1 fully saturated rings. The fourth-order valence-electron chi connectivity index (χ4n) is 2.64. The molecule has 1 aromatic rings. The molecule has 1 aliphatic rings. The molecular formula is C13H22N2O. The molecule has 1 saturated heterocycles. The molecule has 16 heavy (non-hydrogen) atoms. The zero-order chi connectivity index (χ0) is 11.3. The van der Waals surface area contributed by atoms with E-state index in [9.17, 15) is 0 Å². The van der Waals surface area contributed by atoms with E-state index < -0.39 is 0 Å². The van der Waals surface area contributed by atoms with Crippen molar-refractivity contribution < 1.29 is 4.42 Å². The number of rotatable bonds is 6. The smallest absolute Gasteiger partial charge is 0.117 e. The van der Waals surface area contributed by atoms with Gasteiger partial charge in [-0.3, -0.25) is 0 Å². The predicted octanol–water partition coefficient (Wildman–Crippen LogP) is 2.15. The van der Waals surface area contributed by atoms with Crippen LogP contribution in [0.5, 0.6) is 0 Å². The molecular weight excluding hydrogens is 200 g/mol. The van der Waals surface area contributed by atoms with Gasteiger partial charge in [0.15, 0.2) is 0 Å². The van der Waals surface area contributed by atoms with Crippen LogP contribution in [0.3, 0.4) is 0 Å². The Balaban J connectivity index is 1.78. The molecule has 0 aliphatic carbocycles. The molecule has 2 N–H and O–H groups in total. The lowest BCUT2D eigenvalue weighted by Gasteiger charge is -2.28. The Labute approximate surface area is 97.6 Å². The molecule has 3 heteroatoms. The van der Waals surface area contributed by atoms with E-state index in [2.05, 4.69) is 17.6 Å². The van der Waals surface area contributed by atoms with Crippen LogP contribution in [-0.2, 0) is 6.54 Å². The van der Waals surface area contributed by atoms with Crippen LogP contribution in [0.15, 0.2) is 22.8 Å². The second kappa shape index (κ2) is 5.51. The summed E-state index contributed by atoms with van der Waals surface area (Å²) in [4.78, 5) is 0. The molecule has 1 aliphatic heterocycles. The lowest BCUT2D eigenvalue weighted by atomic mass is 9.82. The normalized spacial score (nSPS) is 25.1. The molecule has 1 atom stereocenters. The summed E-state index contributed by atoms with van der Waals surface area (Å²) >= 11 is 0. The zero-order valence-corrected chi connectivity index (χ0v) is 10.1. The van der Waals surface area contributed by atoms with E-state index in [0.717, 1.165) is 25.4 Å². The predicted molar refractivity (Wildman–Crippen MR) is 65.2 cm³/mol. The number of hydrogen-bond donors (Lipinski definition) is 2. The van der Waals surface area contributed by atoms with Crippen LogP contribution in [0.1, 0.15) is 31.9 Å². The number of hydrogen-bond acceptors (Lipinski definition) is 3. The molecule has 0 bridgehead atoms. The molecule has 0 radical (unpaired) electrons. The van der Waals surface area contributed by atoms with Gasteiger partial charge < -0.3 is 15.1 Å². The molecule has 0 spiro atoms. The van der Waals surface area contributed by atoms with Gasteiger partial charge in [-0.15, -0.1) is 0 Å². The Morgan fingerprint density at radius 1 is 1.56 bits per heavy atom. The van der Waals surface area contributed by atoms with Crippen molar-refractivity contribution in [3.8, 4) is 0 Å². The Kier molecular flexibility index (Phi) is 4.02. The summed E-state index contributed by atoms with van der Waals surface area (Å²) in [7, 11) is 0. The Hall–Kier alpha value is -0.800. The summed E-state index contributed by atoms with van der Waals surface area (Å²) in [5, 5.41) is 7.00. The zero-order valence-electron chi connectivity index (χ0n) is 10.1. The van der Waals surface area contributed by atoms with Crippen LogP contribution < -0.4 is 10.6 Å². The van der Waals surface area contributed by atoms with Crippen molar-refractivity contribution in [2.24, 2.45) is 5.41 Å². The second-order valence-corrected chi connectivity index (χ2v) is 4.86. The van der Waals surface area contributed by atoms with E-state index in [4.69, 9.17) is 4.42 Å². The minimum atomic E-state index is 0.474. The van der Waals surface area contributed by atoms with Crippen LogP contribution in [0.25, 0.3) is 0 Å². The average molecular weight is 222 g/mol. The van der Waals surface area contributed by atoms with E-state index in [1.165, 1.54) is 25.8 Å². The van der Waals surface area contributed by atoms with Gasteiger partial charge in [0.25, 0.3) is 0 Å². The first-order chi connectivity index (χ1) is 7.85. The Morgan fingerprint density at radius 3 is 3.12 bits per heavy atom. The van der Waals surface area contributed by atoms with Gasteiger partial charge in [-0.25, -0.2) is 0 Å². The maximum Gasteiger partial charge on any atom is 0.117 e. The summed E-state index contributed by atoms with van der Waals surface area (Å²) in [6.45, 7) is 6.54. The SMILES string of the molecule is CCCC1(CNCc2ccco2)CCNC1. The number of nitrogens with one attached hydrogen (secondary N) is 2. The van der Waals surface area contributed by atoms with Crippen molar-refractivity contribution in [2.75, 3.05) is 19.6 Å². The summed E-state index contributed by atoms with van der Waals surface area (Å²) in [6, 6.07) is 3.96. The molecule has 2 rings (SSSR count). The maximum absolute atomic E-state index is 5.31. The third-order valence-electron chi connectivity index (χ3n) is 3.49. The Bertz CT molecular complexity index is 289. The highest BCUT2D eigenvalue weighted by atomic mass is 16.3. The van der Waals surface area contributed by atoms with Crippen molar-refractivity contribution in [3.63, 3.8) is 0 Å².